The smallest absolute Gasteiger partial charge is 0.165 e. The van der Waals surface area contributed by atoms with Crippen molar-refractivity contribution in [3.63, 3.8) is 0 Å². The molecule has 5 heteroatoms. The standard InChI is InChI=1S/C19H23NO4/c1-2-8-20-9-7-18-15-11-3-4-12(21)16(15)24-17(18)13(22)5-6-19(18,23)14(20)10-11/h2-4,13-14,17,21-23H,1,5-10H2/t13?,14?,17-,18+,19?/m1/s1. The second-order valence-corrected chi connectivity index (χ2v) is 7.74. The predicted molar refractivity (Wildman–Crippen MR) is 88.3 cm³/mol. The number of benzene rings is 1. The molecule has 2 aliphatic heterocycles. The van der Waals surface area contributed by atoms with Gasteiger partial charge >= 0.3 is 0 Å². The van der Waals surface area contributed by atoms with Gasteiger partial charge in [-0.05, 0) is 43.9 Å². The number of rotatable bonds is 2. The third-order valence-corrected chi connectivity index (χ3v) is 6.91. The molecule has 5 rings (SSSR count). The molecule has 2 fully saturated rings. The van der Waals surface area contributed by atoms with E-state index in [0.29, 0.717) is 18.6 Å². The quantitative estimate of drug-likeness (QED) is 0.709. The van der Waals surface area contributed by atoms with Crippen LogP contribution in [-0.4, -0.2) is 57.2 Å². The SMILES string of the molecule is C=CCN1CC[C@]23c4c5ccc(O)c4O[C@@H]2C(O)CCC3(O)C1C5. The maximum Gasteiger partial charge on any atom is 0.165 e. The van der Waals surface area contributed by atoms with E-state index in [0.717, 1.165) is 37.1 Å². The Morgan fingerprint density at radius 2 is 2.21 bits per heavy atom. The van der Waals surface area contributed by atoms with Gasteiger partial charge in [-0.2, -0.15) is 0 Å². The van der Waals surface area contributed by atoms with Crippen LogP contribution in [0, 0.1) is 0 Å². The Kier molecular flexibility index (Phi) is 2.79. The van der Waals surface area contributed by atoms with E-state index in [1.54, 1.807) is 6.07 Å². The third kappa shape index (κ3) is 1.43. The Morgan fingerprint density at radius 3 is 3.00 bits per heavy atom. The van der Waals surface area contributed by atoms with Crippen molar-refractivity contribution in [3.8, 4) is 11.5 Å². The lowest BCUT2D eigenvalue weighted by molar-refractivity contribution is -0.206. The Morgan fingerprint density at radius 1 is 1.38 bits per heavy atom. The first-order valence-corrected chi connectivity index (χ1v) is 8.80. The fourth-order valence-corrected chi connectivity index (χ4v) is 5.99. The van der Waals surface area contributed by atoms with Crippen LogP contribution < -0.4 is 4.74 Å². The Balaban J connectivity index is 1.78. The van der Waals surface area contributed by atoms with Crippen LogP contribution in [-0.2, 0) is 11.8 Å². The largest absolute Gasteiger partial charge is 0.504 e. The number of phenols is 1. The summed E-state index contributed by atoms with van der Waals surface area (Å²) in [4.78, 5) is 2.31. The lowest BCUT2D eigenvalue weighted by atomic mass is 9.48. The van der Waals surface area contributed by atoms with Gasteiger partial charge in [-0.15, -0.1) is 6.58 Å². The van der Waals surface area contributed by atoms with Gasteiger partial charge in [0.15, 0.2) is 11.5 Å². The summed E-state index contributed by atoms with van der Waals surface area (Å²) < 4.78 is 6.08. The van der Waals surface area contributed by atoms with Gasteiger partial charge in [0.1, 0.15) is 6.10 Å². The monoisotopic (exact) mass is 329 g/mol. The van der Waals surface area contributed by atoms with Crippen LogP contribution in [0.25, 0.3) is 0 Å². The van der Waals surface area contributed by atoms with E-state index in [-0.39, 0.29) is 11.8 Å². The second-order valence-electron chi connectivity index (χ2n) is 7.74. The number of aliphatic hydroxyl groups excluding tert-OH is 1. The highest BCUT2D eigenvalue weighted by Crippen LogP contribution is 2.65. The van der Waals surface area contributed by atoms with Crippen molar-refractivity contribution in [3.05, 3.63) is 35.9 Å². The molecule has 5 nitrogen and oxygen atoms in total. The van der Waals surface area contributed by atoms with E-state index in [2.05, 4.69) is 11.5 Å². The molecule has 2 bridgehead atoms. The second kappa shape index (κ2) is 4.54. The van der Waals surface area contributed by atoms with E-state index in [1.807, 2.05) is 12.1 Å². The van der Waals surface area contributed by atoms with Crippen molar-refractivity contribution in [2.24, 2.45) is 0 Å². The number of nitrogens with zero attached hydrogens (tertiary/aromatic N) is 1. The summed E-state index contributed by atoms with van der Waals surface area (Å²) in [6.45, 7) is 5.44. The summed E-state index contributed by atoms with van der Waals surface area (Å²) in [6.07, 6.45) is 3.33. The average molecular weight is 329 g/mol. The van der Waals surface area contributed by atoms with Crippen LogP contribution in [0.5, 0.6) is 11.5 Å². The zero-order valence-corrected chi connectivity index (χ0v) is 13.6. The highest BCUT2D eigenvalue weighted by Gasteiger charge is 2.72. The van der Waals surface area contributed by atoms with Crippen molar-refractivity contribution in [1.29, 1.82) is 0 Å². The Labute approximate surface area is 141 Å². The minimum atomic E-state index is -0.940. The van der Waals surface area contributed by atoms with Crippen LogP contribution in [0.2, 0.25) is 0 Å². The van der Waals surface area contributed by atoms with Gasteiger partial charge in [-0.3, -0.25) is 4.90 Å². The predicted octanol–water partition coefficient (Wildman–Crippen LogP) is 1.09. The molecule has 1 aromatic carbocycles. The summed E-state index contributed by atoms with van der Waals surface area (Å²) >= 11 is 0. The molecule has 2 aliphatic carbocycles. The summed E-state index contributed by atoms with van der Waals surface area (Å²) in [5.74, 6) is 0.589. The molecule has 0 aromatic heterocycles. The van der Waals surface area contributed by atoms with Gasteiger partial charge < -0.3 is 20.1 Å². The zero-order valence-electron chi connectivity index (χ0n) is 13.6. The van der Waals surface area contributed by atoms with Crippen molar-refractivity contribution in [1.82, 2.24) is 4.90 Å². The number of phenolic OH excluding ortho intramolecular Hbond substituents is 1. The van der Waals surface area contributed by atoms with Crippen LogP contribution in [0.1, 0.15) is 30.4 Å². The molecule has 1 saturated heterocycles. The number of aromatic hydroxyl groups is 1. The summed E-state index contributed by atoms with van der Waals surface area (Å²) in [6, 6.07) is 3.62. The number of aliphatic hydroxyl groups is 2. The van der Waals surface area contributed by atoms with E-state index in [4.69, 9.17) is 4.74 Å². The molecule has 128 valence electrons. The number of ether oxygens (including phenoxy) is 1. The summed E-state index contributed by atoms with van der Waals surface area (Å²) in [5.41, 5.74) is 0.518. The maximum atomic E-state index is 11.9. The number of piperidine rings is 1. The van der Waals surface area contributed by atoms with E-state index in [1.165, 1.54) is 0 Å². The zero-order chi connectivity index (χ0) is 16.7. The lowest BCUT2D eigenvalue weighted by Gasteiger charge is -2.63. The van der Waals surface area contributed by atoms with Gasteiger partial charge in [0, 0.05) is 18.2 Å². The van der Waals surface area contributed by atoms with Gasteiger partial charge in [0.2, 0.25) is 0 Å². The Bertz CT molecular complexity index is 734. The fourth-order valence-electron chi connectivity index (χ4n) is 5.99. The third-order valence-electron chi connectivity index (χ3n) is 6.91. The molecular formula is C19H23NO4. The molecule has 3 N–H and O–H groups in total. The molecule has 4 aliphatic rings. The molecule has 1 aromatic rings. The van der Waals surface area contributed by atoms with E-state index in [9.17, 15) is 15.3 Å². The molecule has 24 heavy (non-hydrogen) atoms. The van der Waals surface area contributed by atoms with Crippen LogP contribution in [0.3, 0.4) is 0 Å². The minimum absolute atomic E-state index is 0.00848. The van der Waals surface area contributed by atoms with Crippen molar-refractivity contribution >= 4 is 0 Å². The van der Waals surface area contributed by atoms with Crippen molar-refractivity contribution < 1.29 is 20.1 Å². The summed E-state index contributed by atoms with van der Waals surface area (Å²) in [5, 5.41) is 32.8. The average Bonchev–Trinajstić information content (AvgIpc) is 2.91. The molecule has 0 amide bonds. The highest BCUT2D eigenvalue weighted by atomic mass is 16.5. The van der Waals surface area contributed by atoms with Crippen LogP contribution in [0.4, 0.5) is 0 Å². The Hall–Kier alpha value is -1.56. The normalized spacial score (nSPS) is 42.3. The number of likely N-dealkylation sites (tertiary alicyclic amines) is 1. The first-order valence-electron chi connectivity index (χ1n) is 8.80. The molecule has 0 radical (unpaired) electrons. The number of hydrogen-bond donors (Lipinski definition) is 3. The van der Waals surface area contributed by atoms with E-state index < -0.39 is 23.2 Å². The van der Waals surface area contributed by atoms with Gasteiger partial charge in [0.25, 0.3) is 0 Å². The van der Waals surface area contributed by atoms with Crippen molar-refractivity contribution in [2.75, 3.05) is 13.1 Å². The fraction of sp³-hybridized carbons (Fsp3) is 0.579. The summed E-state index contributed by atoms with van der Waals surface area (Å²) in [7, 11) is 0. The highest BCUT2D eigenvalue weighted by molar-refractivity contribution is 5.62. The van der Waals surface area contributed by atoms with Crippen LogP contribution in [0.15, 0.2) is 24.8 Å². The first-order chi connectivity index (χ1) is 11.5. The molecule has 5 atom stereocenters. The van der Waals surface area contributed by atoms with Gasteiger partial charge in [0.05, 0.1) is 17.1 Å². The molecule has 1 saturated carbocycles. The lowest BCUT2D eigenvalue weighted by Crippen LogP contribution is -2.77. The number of hydrogen-bond acceptors (Lipinski definition) is 5. The molecule has 3 unspecified atom stereocenters. The van der Waals surface area contributed by atoms with Crippen LogP contribution >= 0.6 is 0 Å². The topological polar surface area (TPSA) is 73.2 Å². The van der Waals surface area contributed by atoms with Crippen molar-refractivity contribution in [2.45, 2.75) is 54.9 Å². The maximum absolute atomic E-state index is 11.9. The molecule has 1 spiro atoms. The minimum Gasteiger partial charge on any atom is -0.504 e. The molecular weight excluding hydrogens is 306 g/mol. The molecule has 2 heterocycles. The van der Waals surface area contributed by atoms with Gasteiger partial charge in [-0.1, -0.05) is 12.1 Å². The van der Waals surface area contributed by atoms with Gasteiger partial charge in [-0.25, -0.2) is 0 Å². The van der Waals surface area contributed by atoms with E-state index >= 15 is 0 Å². The first kappa shape index (κ1) is 14.8.